The van der Waals surface area contributed by atoms with Crippen molar-refractivity contribution < 1.29 is 14.7 Å². The van der Waals surface area contributed by atoms with Gasteiger partial charge >= 0.3 is 5.97 Å². The number of nitrogens with zero attached hydrogens (tertiary/aromatic N) is 1. The van der Waals surface area contributed by atoms with Gasteiger partial charge < -0.3 is 10.0 Å². The Morgan fingerprint density at radius 1 is 1.09 bits per heavy atom. The van der Waals surface area contributed by atoms with Crippen LogP contribution in [-0.2, 0) is 11.2 Å². The number of benzene rings is 2. The maximum atomic E-state index is 12.5. The summed E-state index contributed by atoms with van der Waals surface area (Å²) in [5.74, 6) is -1.03. The molecule has 0 saturated heterocycles. The number of hydrogen-bond acceptors (Lipinski definition) is 2. The summed E-state index contributed by atoms with van der Waals surface area (Å²) < 4.78 is 0. The number of amides is 1. The van der Waals surface area contributed by atoms with Crippen molar-refractivity contribution >= 4 is 29.2 Å². The van der Waals surface area contributed by atoms with Gasteiger partial charge in [0.25, 0.3) is 5.91 Å². The molecule has 0 aromatic heterocycles. The Morgan fingerprint density at radius 3 is 2.36 bits per heavy atom. The van der Waals surface area contributed by atoms with E-state index in [1.807, 2.05) is 24.3 Å². The van der Waals surface area contributed by atoms with Crippen molar-refractivity contribution in [3.8, 4) is 0 Å². The Labute approximate surface area is 133 Å². The number of rotatable bonds is 5. The van der Waals surface area contributed by atoms with Crippen molar-refractivity contribution in [2.75, 3.05) is 11.9 Å². The van der Waals surface area contributed by atoms with Gasteiger partial charge in [-0.2, -0.15) is 0 Å². The number of aryl methyl sites for hydroxylation is 1. The van der Waals surface area contributed by atoms with E-state index in [0.29, 0.717) is 22.7 Å². The molecule has 0 radical (unpaired) electrons. The first-order valence-corrected chi connectivity index (χ1v) is 7.20. The fourth-order valence-electron chi connectivity index (χ4n) is 2.19. The van der Waals surface area contributed by atoms with Crippen LogP contribution in [0.25, 0.3) is 0 Å². The second-order valence-corrected chi connectivity index (χ2v) is 5.33. The number of hydrogen-bond donors (Lipinski definition) is 1. The average molecular weight is 318 g/mol. The Balaban J connectivity index is 2.24. The molecule has 0 aliphatic heterocycles. The molecule has 0 saturated carbocycles. The molecule has 0 fully saturated rings. The topological polar surface area (TPSA) is 57.6 Å². The minimum absolute atomic E-state index is 0.0278. The van der Waals surface area contributed by atoms with Gasteiger partial charge in [-0.3, -0.25) is 9.59 Å². The second kappa shape index (κ2) is 7.09. The average Bonchev–Trinajstić information content (AvgIpc) is 2.52. The van der Waals surface area contributed by atoms with Gasteiger partial charge in [0.1, 0.15) is 0 Å². The van der Waals surface area contributed by atoms with Crippen LogP contribution in [0, 0.1) is 0 Å². The third-order valence-corrected chi connectivity index (χ3v) is 3.61. The molecule has 0 heterocycles. The highest BCUT2D eigenvalue weighted by atomic mass is 35.5. The Morgan fingerprint density at radius 2 is 1.73 bits per heavy atom. The van der Waals surface area contributed by atoms with E-state index in [-0.39, 0.29) is 12.3 Å². The predicted octanol–water partition coefficient (Wildman–Crippen LogP) is 3.63. The van der Waals surface area contributed by atoms with Crippen molar-refractivity contribution in [2.24, 2.45) is 0 Å². The molecule has 0 atom stereocenters. The first kappa shape index (κ1) is 16.0. The largest absolute Gasteiger partial charge is 0.481 e. The zero-order chi connectivity index (χ0) is 16.1. The van der Waals surface area contributed by atoms with E-state index in [0.717, 1.165) is 5.56 Å². The first-order chi connectivity index (χ1) is 10.5. The summed E-state index contributed by atoms with van der Waals surface area (Å²) in [6.45, 7) is 0. The highest BCUT2D eigenvalue weighted by Crippen LogP contribution is 2.23. The molecule has 0 spiro atoms. The molecule has 1 N–H and O–H groups in total. The minimum atomic E-state index is -0.860. The number of carboxylic acid groups (broad SMARTS) is 1. The molecule has 2 aromatic rings. The fraction of sp³-hybridized carbons (Fsp3) is 0.176. The predicted molar refractivity (Wildman–Crippen MR) is 86.6 cm³/mol. The molecule has 0 bridgehead atoms. The molecule has 1 amide bonds. The molecule has 0 aliphatic rings. The summed E-state index contributed by atoms with van der Waals surface area (Å²) in [6, 6.07) is 14.0. The van der Waals surface area contributed by atoms with E-state index in [1.165, 1.54) is 4.90 Å². The maximum absolute atomic E-state index is 12.5. The first-order valence-electron chi connectivity index (χ1n) is 6.82. The third kappa shape index (κ3) is 3.86. The molecular formula is C17H16ClNO3. The smallest absolute Gasteiger partial charge is 0.303 e. The van der Waals surface area contributed by atoms with Gasteiger partial charge in [-0.15, -0.1) is 0 Å². The summed E-state index contributed by atoms with van der Waals surface area (Å²) in [7, 11) is 1.68. The molecule has 4 nitrogen and oxygen atoms in total. The lowest BCUT2D eigenvalue weighted by molar-refractivity contribution is -0.136. The van der Waals surface area contributed by atoms with Crippen LogP contribution in [0.5, 0.6) is 0 Å². The normalized spacial score (nSPS) is 10.3. The van der Waals surface area contributed by atoms with Crippen LogP contribution in [0.3, 0.4) is 0 Å². The Hall–Kier alpha value is -2.33. The molecular weight excluding hydrogens is 302 g/mol. The van der Waals surface area contributed by atoms with Crippen molar-refractivity contribution in [3.05, 3.63) is 64.7 Å². The van der Waals surface area contributed by atoms with E-state index >= 15 is 0 Å². The standard InChI is InChI=1S/C17H16ClNO3/c1-19(17(22)13-6-9-14(18)10-7-13)15-5-3-2-4-12(15)8-11-16(20)21/h2-7,9-10H,8,11H2,1H3,(H,20,21). The van der Waals surface area contributed by atoms with E-state index in [9.17, 15) is 9.59 Å². The number of anilines is 1. The lowest BCUT2D eigenvalue weighted by atomic mass is 10.1. The Kier molecular flexibility index (Phi) is 5.17. The van der Waals surface area contributed by atoms with Gasteiger partial charge in [0.05, 0.1) is 0 Å². The number of halogens is 1. The number of carbonyl (C=O) groups excluding carboxylic acids is 1. The number of para-hydroxylation sites is 1. The zero-order valence-electron chi connectivity index (χ0n) is 12.1. The van der Waals surface area contributed by atoms with Crippen molar-refractivity contribution in [1.29, 1.82) is 0 Å². The van der Waals surface area contributed by atoms with Gasteiger partial charge in [0.2, 0.25) is 0 Å². The molecule has 2 aromatic carbocycles. The van der Waals surface area contributed by atoms with Crippen LogP contribution in [0.1, 0.15) is 22.3 Å². The van der Waals surface area contributed by atoms with Crippen LogP contribution < -0.4 is 4.90 Å². The van der Waals surface area contributed by atoms with E-state index < -0.39 is 5.97 Å². The van der Waals surface area contributed by atoms with Gasteiger partial charge in [-0.05, 0) is 42.3 Å². The quantitative estimate of drug-likeness (QED) is 0.916. The molecule has 5 heteroatoms. The monoisotopic (exact) mass is 317 g/mol. The van der Waals surface area contributed by atoms with Crippen LogP contribution >= 0.6 is 11.6 Å². The van der Waals surface area contributed by atoms with Gasteiger partial charge in [0.15, 0.2) is 0 Å². The summed E-state index contributed by atoms with van der Waals surface area (Å²) in [5.41, 5.74) is 2.07. The molecule has 2 rings (SSSR count). The number of carbonyl (C=O) groups is 2. The van der Waals surface area contributed by atoms with E-state index in [1.54, 1.807) is 31.3 Å². The highest BCUT2D eigenvalue weighted by Gasteiger charge is 2.16. The second-order valence-electron chi connectivity index (χ2n) is 4.89. The molecule has 114 valence electrons. The lowest BCUT2D eigenvalue weighted by Gasteiger charge is -2.20. The molecule has 22 heavy (non-hydrogen) atoms. The summed E-state index contributed by atoms with van der Waals surface area (Å²) >= 11 is 5.83. The lowest BCUT2D eigenvalue weighted by Crippen LogP contribution is -2.27. The SMILES string of the molecule is CN(C(=O)c1ccc(Cl)cc1)c1ccccc1CCC(=O)O. The van der Waals surface area contributed by atoms with Gasteiger partial charge in [-0.25, -0.2) is 0 Å². The van der Waals surface area contributed by atoms with Crippen LogP contribution in [0.15, 0.2) is 48.5 Å². The summed E-state index contributed by atoms with van der Waals surface area (Å²) in [5, 5.41) is 9.39. The maximum Gasteiger partial charge on any atom is 0.303 e. The third-order valence-electron chi connectivity index (χ3n) is 3.36. The summed E-state index contributed by atoms with van der Waals surface area (Å²) in [6.07, 6.45) is 0.406. The van der Waals surface area contributed by atoms with Crippen LogP contribution in [-0.4, -0.2) is 24.0 Å². The van der Waals surface area contributed by atoms with E-state index in [2.05, 4.69) is 0 Å². The molecule has 0 unspecified atom stereocenters. The van der Waals surface area contributed by atoms with Gasteiger partial charge in [0, 0.05) is 29.7 Å². The van der Waals surface area contributed by atoms with E-state index in [4.69, 9.17) is 16.7 Å². The minimum Gasteiger partial charge on any atom is -0.481 e. The summed E-state index contributed by atoms with van der Waals surface area (Å²) in [4.78, 5) is 24.8. The molecule has 0 aliphatic carbocycles. The van der Waals surface area contributed by atoms with Crippen molar-refractivity contribution in [2.45, 2.75) is 12.8 Å². The number of carboxylic acids is 1. The van der Waals surface area contributed by atoms with Crippen molar-refractivity contribution in [1.82, 2.24) is 0 Å². The fourth-order valence-corrected chi connectivity index (χ4v) is 2.31. The van der Waals surface area contributed by atoms with Gasteiger partial charge in [-0.1, -0.05) is 29.8 Å². The Bertz CT molecular complexity index is 683. The van der Waals surface area contributed by atoms with Crippen molar-refractivity contribution in [3.63, 3.8) is 0 Å². The van der Waals surface area contributed by atoms with Crippen LogP contribution in [0.2, 0.25) is 5.02 Å². The number of aliphatic carboxylic acids is 1. The highest BCUT2D eigenvalue weighted by molar-refractivity contribution is 6.30. The van der Waals surface area contributed by atoms with Crippen LogP contribution in [0.4, 0.5) is 5.69 Å². The zero-order valence-corrected chi connectivity index (χ0v) is 12.9.